The van der Waals surface area contributed by atoms with E-state index in [9.17, 15) is 9.59 Å². The molecule has 4 aromatic rings. The van der Waals surface area contributed by atoms with Crippen molar-refractivity contribution in [1.29, 1.82) is 0 Å². The number of nitrogens with zero attached hydrogens (tertiary/aromatic N) is 1. The first-order valence-corrected chi connectivity index (χ1v) is 11.5. The fourth-order valence-electron chi connectivity index (χ4n) is 4.64. The fraction of sp³-hybridized carbons (Fsp3) is 0.0968. The summed E-state index contributed by atoms with van der Waals surface area (Å²) in [6.07, 6.45) is 2.10. The summed E-state index contributed by atoms with van der Waals surface area (Å²) < 4.78 is 0. The summed E-state index contributed by atoms with van der Waals surface area (Å²) in [6, 6.07) is 38.7. The maximum atomic E-state index is 13.8. The van der Waals surface area contributed by atoms with Crippen LogP contribution in [0.5, 0.6) is 0 Å². The summed E-state index contributed by atoms with van der Waals surface area (Å²) in [5.74, 6) is -0.606. The van der Waals surface area contributed by atoms with Crippen LogP contribution < -0.4 is 0 Å². The Balaban J connectivity index is 1.65. The Labute approximate surface area is 200 Å². The number of carbonyl (C=O) groups is 2. The molecule has 1 aliphatic rings. The summed E-state index contributed by atoms with van der Waals surface area (Å²) in [5.41, 5.74) is 4.13. The average Bonchev–Trinajstić information content (AvgIpc) is 2.93. The molecule has 0 N–H and O–H groups in total. The van der Waals surface area contributed by atoms with Crippen LogP contribution in [0.2, 0.25) is 0 Å². The van der Waals surface area contributed by atoms with Crippen molar-refractivity contribution in [3.63, 3.8) is 0 Å². The molecule has 3 heteroatoms. The molecule has 166 valence electrons. The molecule has 3 nitrogen and oxygen atoms in total. The van der Waals surface area contributed by atoms with Crippen LogP contribution in [-0.4, -0.2) is 23.1 Å². The molecule has 2 unspecified atom stereocenters. The highest BCUT2D eigenvalue weighted by Gasteiger charge is 2.38. The maximum absolute atomic E-state index is 13.8. The minimum atomic E-state index is -0.398. The lowest BCUT2D eigenvalue weighted by atomic mass is 9.77. The highest BCUT2D eigenvalue weighted by Crippen LogP contribution is 2.39. The van der Waals surface area contributed by atoms with Gasteiger partial charge in [-0.2, -0.15) is 0 Å². The lowest BCUT2D eigenvalue weighted by Crippen LogP contribution is -2.42. The molecule has 0 fully saturated rings. The smallest absolute Gasteiger partial charge is 0.258 e. The molecular formula is C31H25NO2. The van der Waals surface area contributed by atoms with Crippen LogP contribution >= 0.6 is 0 Å². The van der Waals surface area contributed by atoms with E-state index in [1.165, 1.54) is 0 Å². The van der Waals surface area contributed by atoms with Crippen LogP contribution in [0.3, 0.4) is 0 Å². The van der Waals surface area contributed by atoms with Crippen molar-refractivity contribution in [3.05, 3.63) is 150 Å². The molecule has 0 aliphatic carbocycles. The molecule has 4 aromatic carbocycles. The number of hydrogen-bond donors (Lipinski definition) is 0. The number of carbonyl (C=O) groups excluding carboxylic acids is 2. The van der Waals surface area contributed by atoms with Crippen molar-refractivity contribution in [2.24, 2.45) is 5.92 Å². The van der Waals surface area contributed by atoms with Crippen molar-refractivity contribution in [3.8, 4) is 0 Å². The van der Waals surface area contributed by atoms with Crippen molar-refractivity contribution in [2.75, 3.05) is 6.54 Å². The molecule has 0 saturated carbocycles. The third-order valence-electron chi connectivity index (χ3n) is 6.36. The Kier molecular flexibility index (Phi) is 6.17. The Bertz CT molecular complexity index is 1300. The van der Waals surface area contributed by atoms with Crippen LogP contribution in [0.15, 0.2) is 127 Å². The SMILES string of the molecule is O=C(c1ccccc1)C1CN(C(=O)c2ccccc2)C(c2ccccc2)=CC1c1ccccc1. The van der Waals surface area contributed by atoms with Gasteiger partial charge < -0.3 is 4.90 Å². The molecule has 0 spiro atoms. The number of Topliss-reactive ketones (excluding diaryl/α,β-unsaturated/α-hetero) is 1. The van der Waals surface area contributed by atoms with Crippen molar-refractivity contribution < 1.29 is 9.59 Å². The third-order valence-corrected chi connectivity index (χ3v) is 6.36. The minimum absolute atomic E-state index is 0.0451. The van der Waals surface area contributed by atoms with E-state index in [2.05, 4.69) is 18.2 Å². The van der Waals surface area contributed by atoms with Crippen LogP contribution in [0.4, 0.5) is 0 Å². The topological polar surface area (TPSA) is 37.4 Å². The van der Waals surface area contributed by atoms with E-state index in [0.717, 1.165) is 16.8 Å². The van der Waals surface area contributed by atoms with Gasteiger partial charge in [-0.1, -0.05) is 115 Å². The number of amides is 1. The van der Waals surface area contributed by atoms with Gasteiger partial charge in [-0.3, -0.25) is 9.59 Å². The van der Waals surface area contributed by atoms with Gasteiger partial charge >= 0.3 is 0 Å². The van der Waals surface area contributed by atoms with Gasteiger partial charge in [-0.25, -0.2) is 0 Å². The number of rotatable bonds is 5. The number of ketones is 1. The molecule has 0 aromatic heterocycles. The van der Waals surface area contributed by atoms with E-state index in [1.54, 1.807) is 4.90 Å². The second kappa shape index (κ2) is 9.72. The summed E-state index contributed by atoms with van der Waals surface area (Å²) in [7, 11) is 0. The first-order chi connectivity index (χ1) is 16.7. The van der Waals surface area contributed by atoms with E-state index in [4.69, 9.17) is 0 Å². The molecule has 0 bridgehead atoms. The maximum Gasteiger partial charge on any atom is 0.258 e. The molecule has 1 aliphatic heterocycles. The number of allylic oxidation sites excluding steroid dienone is 1. The lowest BCUT2D eigenvalue weighted by molar-refractivity contribution is 0.0765. The molecule has 1 amide bonds. The van der Waals surface area contributed by atoms with Crippen LogP contribution in [0.25, 0.3) is 5.70 Å². The van der Waals surface area contributed by atoms with E-state index >= 15 is 0 Å². The molecule has 5 rings (SSSR count). The summed E-state index contributed by atoms with van der Waals surface area (Å²) in [6.45, 7) is 0.307. The minimum Gasteiger partial charge on any atom is -0.307 e. The zero-order valence-corrected chi connectivity index (χ0v) is 18.7. The van der Waals surface area contributed by atoms with Gasteiger partial charge in [-0.15, -0.1) is 0 Å². The van der Waals surface area contributed by atoms with Gasteiger partial charge in [0, 0.05) is 29.3 Å². The second-order valence-corrected chi connectivity index (χ2v) is 8.47. The molecule has 2 atom stereocenters. The van der Waals surface area contributed by atoms with Crippen molar-refractivity contribution in [1.82, 2.24) is 4.90 Å². The van der Waals surface area contributed by atoms with Gasteiger partial charge in [0.05, 0.1) is 5.92 Å². The molecule has 1 heterocycles. The van der Waals surface area contributed by atoms with E-state index in [1.807, 2.05) is 109 Å². The first-order valence-electron chi connectivity index (χ1n) is 11.5. The zero-order valence-electron chi connectivity index (χ0n) is 18.7. The van der Waals surface area contributed by atoms with E-state index in [0.29, 0.717) is 17.7 Å². The molecule has 0 saturated heterocycles. The lowest BCUT2D eigenvalue weighted by Gasteiger charge is -2.38. The second-order valence-electron chi connectivity index (χ2n) is 8.47. The fourth-order valence-corrected chi connectivity index (χ4v) is 4.64. The number of benzene rings is 4. The molecule has 34 heavy (non-hydrogen) atoms. The van der Waals surface area contributed by atoms with Crippen LogP contribution in [-0.2, 0) is 0 Å². The van der Waals surface area contributed by atoms with Gasteiger partial charge in [0.25, 0.3) is 5.91 Å². The largest absolute Gasteiger partial charge is 0.307 e. The normalized spacial score (nSPS) is 17.6. The summed E-state index contributed by atoms with van der Waals surface area (Å²) >= 11 is 0. The predicted octanol–water partition coefficient (Wildman–Crippen LogP) is 6.47. The van der Waals surface area contributed by atoms with Gasteiger partial charge in [0.15, 0.2) is 5.78 Å². The van der Waals surface area contributed by atoms with Gasteiger partial charge in [-0.05, 0) is 23.3 Å². The zero-order chi connectivity index (χ0) is 23.3. The standard InChI is InChI=1S/C31H25NO2/c33-30(25-17-9-3-10-18-25)28-22-32(31(34)26-19-11-4-12-20-26)29(24-15-7-2-8-16-24)21-27(28)23-13-5-1-6-14-23/h1-21,27-28H,22H2. The summed E-state index contributed by atoms with van der Waals surface area (Å²) in [5, 5.41) is 0. The first kappa shape index (κ1) is 21.6. The Morgan fingerprint density at radius 1 is 0.618 bits per heavy atom. The number of hydrogen-bond acceptors (Lipinski definition) is 2. The Morgan fingerprint density at radius 3 is 1.71 bits per heavy atom. The molecular weight excluding hydrogens is 418 g/mol. The highest BCUT2D eigenvalue weighted by molar-refractivity contribution is 6.03. The predicted molar refractivity (Wildman–Crippen MR) is 135 cm³/mol. The highest BCUT2D eigenvalue weighted by atomic mass is 16.2. The Morgan fingerprint density at radius 2 is 1.12 bits per heavy atom. The third kappa shape index (κ3) is 4.33. The van der Waals surface area contributed by atoms with E-state index < -0.39 is 5.92 Å². The Hall–Kier alpha value is -4.24. The van der Waals surface area contributed by atoms with Gasteiger partial charge in [0.1, 0.15) is 0 Å². The van der Waals surface area contributed by atoms with Crippen molar-refractivity contribution >= 4 is 17.4 Å². The average molecular weight is 444 g/mol. The van der Waals surface area contributed by atoms with Gasteiger partial charge in [0.2, 0.25) is 0 Å². The van der Waals surface area contributed by atoms with E-state index in [-0.39, 0.29) is 17.6 Å². The van der Waals surface area contributed by atoms with Crippen LogP contribution in [0.1, 0.15) is 37.8 Å². The monoisotopic (exact) mass is 443 g/mol. The summed E-state index contributed by atoms with van der Waals surface area (Å²) in [4.78, 5) is 29.2. The van der Waals surface area contributed by atoms with Crippen molar-refractivity contribution in [2.45, 2.75) is 5.92 Å². The quantitative estimate of drug-likeness (QED) is 0.332. The molecule has 0 radical (unpaired) electrons. The van der Waals surface area contributed by atoms with Crippen LogP contribution in [0, 0.1) is 5.92 Å².